The third-order valence-electron chi connectivity index (χ3n) is 5.09. The third kappa shape index (κ3) is 3.15. The molecular formula is C18H26N2O3S. The van der Waals surface area contributed by atoms with E-state index in [0.29, 0.717) is 32.4 Å². The first kappa shape index (κ1) is 16.2. The zero-order valence-electron chi connectivity index (χ0n) is 15.5. The van der Waals surface area contributed by atoms with Crippen molar-refractivity contribution in [2.24, 2.45) is 5.41 Å². The van der Waals surface area contributed by atoms with Gasteiger partial charge in [0.15, 0.2) is 0 Å². The van der Waals surface area contributed by atoms with Gasteiger partial charge in [-0.05, 0) is 51.2 Å². The molecule has 1 aliphatic carbocycles. The van der Waals surface area contributed by atoms with Crippen molar-refractivity contribution in [2.45, 2.75) is 50.8 Å². The lowest BCUT2D eigenvalue weighted by Gasteiger charge is -2.43. The summed E-state index contributed by atoms with van der Waals surface area (Å²) in [6.07, 6.45) is 0.985. The average Bonchev–Trinajstić information content (AvgIpc) is 2.76. The van der Waals surface area contributed by atoms with Gasteiger partial charge in [-0.1, -0.05) is 24.3 Å². The van der Waals surface area contributed by atoms with Gasteiger partial charge in [0.1, 0.15) is 4.75 Å². The fourth-order valence-corrected chi connectivity index (χ4v) is 4.44. The van der Waals surface area contributed by atoms with Crippen molar-refractivity contribution in [3.63, 3.8) is 0 Å². The Labute approximate surface area is 148 Å². The first-order chi connectivity index (χ1) is 11.6. The van der Waals surface area contributed by atoms with Crippen molar-refractivity contribution in [3.8, 4) is 0 Å². The molecule has 3 rings (SSSR count). The van der Waals surface area contributed by atoms with Gasteiger partial charge in [0.2, 0.25) is 0 Å². The second kappa shape index (κ2) is 6.24. The van der Waals surface area contributed by atoms with Crippen molar-refractivity contribution in [3.05, 3.63) is 35.4 Å². The summed E-state index contributed by atoms with van der Waals surface area (Å²) in [5.41, 5.74) is 1.53. The van der Waals surface area contributed by atoms with E-state index in [1.54, 1.807) is 0 Å². The van der Waals surface area contributed by atoms with Crippen LogP contribution in [0, 0.1) is 5.41 Å². The second-order valence-electron chi connectivity index (χ2n) is 7.74. The highest BCUT2D eigenvalue weighted by atomic mass is 32.2. The number of rotatable bonds is 2. The molecule has 24 heavy (non-hydrogen) atoms. The molecule has 1 saturated heterocycles. The van der Waals surface area contributed by atoms with Crippen molar-refractivity contribution in [1.29, 1.82) is 0 Å². The number of benzene rings is 1. The largest absolute Gasteiger partial charge is 0.598 e. The summed E-state index contributed by atoms with van der Waals surface area (Å²) in [6, 6.07) is 6.67. The van der Waals surface area contributed by atoms with E-state index in [0.717, 1.165) is 11.1 Å². The smallest absolute Gasteiger partial charge is 0.407 e. The molecule has 6 heteroatoms. The molecular weight excluding hydrogens is 324 g/mol. The predicted octanol–water partition coefficient (Wildman–Crippen LogP) is 3.10. The fourth-order valence-electron chi connectivity index (χ4n) is 3.62. The lowest BCUT2D eigenvalue weighted by atomic mass is 9.73. The van der Waals surface area contributed by atoms with Crippen LogP contribution in [0.5, 0.6) is 0 Å². The first-order valence-corrected chi connectivity index (χ1v) is 9.50. The average molecular weight is 351 g/mol. The molecule has 5 nitrogen and oxygen atoms in total. The van der Waals surface area contributed by atoms with Crippen molar-refractivity contribution < 1.29 is 15.8 Å². The normalized spacial score (nSPS) is 27.7. The molecule has 0 bridgehead atoms. The van der Waals surface area contributed by atoms with Gasteiger partial charge in [-0.25, -0.2) is 4.79 Å². The Morgan fingerprint density at radius 1 is 1.42 bits per heavy atom. The molecule has 2 atom stereocenters. The molecule has 1 fully saturated rings. The summed E-state index contributed by atoms with van der Waals surface area (Å²) in [5, 5.41) is 9.24. The highest BCUT2D eigenvalue weighted by Gasteiger charge is 2.50. The topological polar surface area (TPSA) is 75.6 Å². The van der Waals surface area contributed by atoms with Gasteiger partial charge in [-0.15, -0.1) is 4.72 Å². The van der Waals surface area contributed by atoms with Crippen LogP contribution in [0.2, 0.25) is 0 Å². The molecule has 0 radical (unpaired) electrons. The number of nitrogens with zero attached hydrogens (tertiary/aromatic N) is 1. The van der Waals surface area contributed by atoms with E-state index in [9.17, 15) is 15.8 Å². The van der Waals surface area contributed by atoms with Crippen LogP contribution in [0.1, 0.15) is 52.1 Å². The molecule has 1 aromatic rings. The van der Waals surface area contributed by atoms with Gasteiger partial charge in [0.25, 0.3) is 0 Å². The minimum absolute atomic E-state index is 0.411. The highest BCUT2D eigenvalue weighted by Crippen LogP contribution is 2.52. The van der Waals surface area contributed by atoms with E-state index in [1.165, 1.54) is 4.90 Å². The molecule has 132 valence electrons. The number of nitrogens with one attached hydrogen (secondary N) is 1. The summed E-state index contributed by atoms with van der Waals surface area (Å²) >= 11 is -1.39. The van der Waals surface area contributed by atoms with E-state index >= 15 is 0 Å². The summed E-state index contributed by atoms with van der Waals surface area (Å²) < 4.78 is 24.8. The lowest BCUT2D eigenvalue weighted by Crippen LogP contribution is -2.50. The van der Waals surface area contributed by atoms with Crippen LogP contribution in [-0.4, -0.2) is 38.5 Å². The third-order valence-corrected chi connectivity index (χ3v) is 6.59. The molecule has 1 heterocycles. The van der Waals surface area contributed by atoms with Crippen molar-refractivity contribution >= 4 is 17.5 Å². The molecule has 1 amide bonds. The summed E-state index contributed by atoms with van der Waals surface area (Å²) in [7, 11) is 0. The maximum absolute atomic E-state index is 12.8. The van der Waals surface area contributed by atoms with Crippen LogP contribution in [-0.2, 0) is 17.8 Å². The molecule has 0 aromatic heterocycles. The Kier molecular flexibility index (Phi) is 4.22. The van der Waals surface area contributed by atoms with Crippen LogP contribution >= 0.6 is 0 Å². The molecule has 1 spiro atoms. The standard InChI is InChI=1S/C18H26N2O3S/c1-17(2,3)24(23)19-15-14-7-5-4-6-13(14)12-18(15)8-10-20(11-9-18)16(21)22/h4-7,15,19H,8-12H2,1-3H3,(H,21,22)/t15-,24-/m1/s1/i15D. The van der Waals surface area contributed by atoms with Crippen molar-refractivity contribution in [1.82, 2.24) is 9.62 Å². The van der Waals surface area contributed by atoms with Crippen molar-refractivity contribution in [2.75, 3.05) is 13.1 Å². The monoisotopic (exact) mass is 351 g/mol. The first-order valence-electron chi connectivity index (χ1n) is 8.85. The maximum atomic E-state index is 12.8. The molecule has 0 saturated carbocycles. The fraction of sp³-hybridized carbons (Fsp3) is 0.611. The minimum atomic E-state index is -1.39. The van der Waals surface area contributed by atoms with Crippen LogP contribution in [0.25, 0.3) is 0 Å². The number of amides is 1. The molecule has 2 aliphatic rings. The second-order valence-corrected chi connectivity index (χ2v) is 9.71. The molecule has 0 unspecified atom stereocenters. The van der Waals surface area contributed by atoms with E-state index in [-0.39, 0.29) is 0 Å². The molecule has 1 aromatic carbocycles. The maximum Gasteiger partial charge on any atom is 0.407 e. The number of fused-ring (bicyclic) bond motifs is 1. The number of likely N-dealkylation sites (tertiary alicyclic amines) is 1. The Balaban J connectivity index is 1.97. The van der Waals surface area contributed by atoms with Gasteiger partial charge in [-0.2, -0.15) is 0 Å². The Bertz CT molecular complexity index is 671. The summed E-state index contributed by atoms with van der Waals surface area (Å²) in [6.45, 7) is 6.49. The molecule has 1 aliphatic heterocycles. The van der Waals surface area contributed by atoms with Crippen LogP contribution in [0.3, 0.4) is 0 Å². The van der Waals surface area contributed by atoms with E-state index in [4.69, 9.17) is 0 Å². The number of hydrogen-bond donors (Lipinski definition) is 2. The number of piperidine rings is 1. The highest BCUT2D eigenvalue weighted by molar-refractivity contribution is 7.90. The van der Waals surface area contributed by atoms with Crippen LogP contribution in [0.15, 0.2) is 24.3 Å². The summed E-state index contributed by atoms with van der Waals surface area (Å²) in [5.74, 6) is 0. The predicted molar refractivity (Wildman–Crippen MR) is 95.2 cm³/mol. The Morgan fingerprint density at radius 3 is 2.62 bits per heavy atom. The minimum Gasteiger partial charge on any atom is -0.598 e. The van der Waals surface area contributed by atoms with Gasteiger partial charge in [0.05, 0.1) is 7.39 Å². The zero-order chi connectivity index (χ0) is 18.5. The van der Waals surface area contributed by atoms with E-state index < -0.39 is 33.6 Å². The van der Waals surface area contributed by atoms with Crippen LogP contribution < -0.4 is 4.72 Å². The van der Waals surface area contributed by atoms with Gasteiger partial charge < -0.3 is 14.6 Å². The number of hydrogen-bond acceptors (Lipinski definition) is 3. The van der Waals surface area contributed by atoms with Crippen LogP contribution in [0.4, 0.5) is 4.79 Å². The molecule has 2 N–H and O–H groups in total. The summed E-state index contributed by atoms with van der Waals surface area (Å²) in [4.78, 5) is 12.7. The Hall–Kier alpha value is -1.24. The van der Waals surface area contributed by atoms with E-state index in [1.807, 2.05) is 45.0 Å². The van der Waals surface area contributed by atoms with Gasteiger partial charge in [-0.3, -0.25) is 0 Å². The van der Waals surface area contributed by atoms with E-state index in [2.05, 4.69) is 4.72 Å². The SMILES string of the molecule is [2H][C@@]1(N[S@+]([O-])C(C)(C)C)c2ccccc2CC12CCN(C(=O)O)CC2. The van der Waals surface area contributed by atoms with Gasteiger partial charge in [0, 0.05) is 29.9 Å². The number of carbonyl (C=O) groups is 1. The zero-order valence-corrected chi connectivity index (χ0v) is 15.3. The quantitative estimate of drug-likeness (QED) is 0.803. The lowest BCUT2D eigenvalue weighted by molar-refractivity contribution is 0.0764. The number of carboxylic acid groups (broad SMARTS) is 1. The van der Waals surface area contributed by atoms with Gasteiger partial charge >= 0.3 is 6.09 Å². The Morgan fingerprint density at radius 2 is 2.04 bits per heavy atom.